The first-order valence-corrected chi connectivity index (χ1v) is 12.9. The topological polar surface area (TPSA) is 64.7 Å². The van der Waals surface area contributed by atoms with Crippen molar-refractivity contribution >= 4 is 10.9 Å². The standard InChI is InChI=1S/C31H26F2N4O/c1-30(2)24-12-11-21-25(20-7-4-5-9-22(20)32)36-29(19-13-14-34-26-18(19)8-6-10-23(26)33)37-27(21)31(24,3)15-17-16-35-38-28(17)30/h4-10,13-14,16,24H,11-12,15H2,1-3H3/t24-,31-/m1/s1. The van der Waals surface area contributed by atoms with Crippen molar-refractivity contribution in [1.29, 1.82) is 0 Å². The maximum atomic E-state index is 15.3. The van der Waals surface area contributed by atoms with E-state index in [1.807, 2.05) is 18.3 Å². The molecular formula is C31H26F2N4O. The van der Waals surface area contributed by atoms with Crippen molar-refractivity contribution in [2.24, 2.45) is 5.92 Å². The average molecular weight is 509 g/mol. The van der Waals surface area contributed by atoms with E-state index in [9.17, 15) is 4.39 Å². The second-order valence-electron chi connectivity index (χ2n) is 11.3. The normalized spacial score (nSPS) is 21.6. The van der Waals surface area contributed by atoms with E-state index in [0.29, 0.717) is 34.5 Å². The van der Waals surface area contributed by atoms with Gasteiger partial charge in [0.1, 0.15) is 22.9 Å². The molecule has 5 nitrogen and oxygen atoms in total. The average Bonchev–Trinajstić information content (AvgIpc) is 3.38. The Morgan fingerprint density at radius 2 is 1.74 bits per heavy atom. The van der Waals surface area contributed by atoms with Crippen molar-refractivity contribution in [3.8, 4) is 22.6 Å². The molecule has 2 aliphatic rings. The van der Waals surface area contributed by atoms with Gasteiger partial charge in [0.05, 0.1) is 17.6 Å². The first kappa shape index (κ1) is 23.1. The maximum absolute atomic E-state index is 15.3. The van der Waals surface area contributed by atoms with Gasteiger partial charge in [-0.15, -0.1) is 0 Å². The van der Waals surface area contributed by atoms with Gasteiger partial charge < -0.3 is 4.52 Å². The molecule has 38 heavy (non-hydrogen) atoms. The maximum Gasteiger partial charge on any atom is 0.160 e. The molecule has 2 atom stereocenters. The van der Waals surface area contributed by atoms with E-state index >= 15 is 4.39 Å². The van der Waals surface area contributed by atoms with Crippen LogP contribution in [0.25, 0.3) is 33.5 Å². The Morgan fingerprint density at radius 1 is 0.921 bits per heavy atom. The molecule has 0 saturated carbocycles. The van der Waals surface area contributed by atoms with E-state index in [0.717, 1.165) is 35.4 Å². The number of hydrogen-bond acceptors (Lipinski definition) is 5. The lowest BCUT2D eigenvalue weighted by atomic mass is 9.51. The van der Waals surface area contributed by atoms with Crippen LogP contribution in [0.1, 0.15) is 49.8 Å². The Hall–Kier alpha value is -4.00. The summed E-state index contributed by atoms with van der Waals surface area (Å²) < 4.78 is 35.7. The summed E-state index contributed by atoms with van der Waals surface area (Å²) in [6.45, 7) is 6.67. The molecule has 0 saturated heterocycles. The van der Waals surface area contributed by atoms with Crippen LogP contribution in [0.2, 0.25) is 0 Å². The molecule has 5 aromatic rings. The fourth-order valence-corrected chi connectivity index (χ4v) is 7.13. The second kappa shape index (κ2) is 8.00. The Morgan fingerprint density at radius 3 is 2.58 bits per heavy atom. The Balaban J connectivity index is 1.54. The second-order valence-corrected chi connectivity index (χ2v) is 11.3. The molecule has 0 N–H and O–H groups in total. The van der Waals surface area contributed by atoms with Gasteiger partial charge in [-0.05, 0) is 49.4 Å². The molecule has 3 aromatic heterocycles. The van der Waals surface area contributed by atoms with Crippen molar-refractivity contribution < 1.29 is 13.3 Å². The third kappa shape index (κ3) is 3.14. The third-order valence-corrected chi connectivity index (χ3v) is 8.75. The highest BCUT2D eigenvalue weighted by atomic mass is 19.1. The van der Waals surface area contributed by atoms with Gasteiger partial charge in [-0.3, -0.25) is 4.98 Å². The summed E-state index contributed by atoms with van der Waals surface area (Å²) in [5.41, 5.74) is 4.31. The van der Waals surface area contributed by atoms with Crippen LogP contribution in [0.5, 0.6) is 0 Å². The summed E-state index contributed by atoms with van der Waals surface area (Å²) in [4.78, 5) is 14.5. The van der Waals surface area contributed by atoms with E-state index in [1.54, 1.807) is 30.5 Å². The van der Waals surface area contributed by atoms with Gasteiger partial charge in [0.15, 0.2) is 5.82 Å². The predicted octanol–water partition coefficient (Wildman–Crippen LogP) is 6.98. The zero-order valence-electron chi connectivity index (χ0n) is 21.4. The lowest BCUT2D eigenvalue weighted by molar-refractivity contribution is 0.109. The molecule has 7 rings (SSSR count). The molecule has 0 bridgehead atoms. The Labute approximate surface area is 219 Å². The zero-order chi connectivity index (χ0) is 26.2. The van der Waals surface area contributed by atoms with Gasteiger partial charge >= 0.3 is 0 Å². The number of nitrogens with zero attached hydrogens (tertiary/aromatic N) is 4. The van der Waals surface area contributed by atoms with E-state index in [4.69, 9.17) is 14.5 Å². The van der Waals surface area contributed by atoms with Crippen molar-refractivity contribution in [3.05, 3.63) is 95.1 Å². The fourth-order valence-electron chi connectivity index (χ4n) is 7.13. The lowest BCUT2D eigenvalue weighted by Crippen LogP contribution is -2.52. The van der Waals surface area contributed by atoms with E-state index < -0.39 is 5.82 Å². The number of para-hydroxylation sites is 1. The van der Waals surface area contributed by atoms with Crippen LogP contribution in [-0.2, 0) is 23.7 Å². The van der Waals surface area contributed by atoms with Gasteiger partial charge in [-0.2, -0.15) is 0 Å². The summed E-state index contributed by atoms with van der Waals surface area (Å²) in [5, 5.41) is 4.75. The molecule has 0 unspecified atom stereocenters. The van der Waals surface area contributed by atoms with Crippen LogP contribution in [-0.4, -0.2) is 20.1 Å². The minimum absolute atomic E-state index is 0.228. The van der Waals surface area contributed by atoms with Crippen LogP contribution in [0, 0.1) is 17.6 Å². The largest absolute Gasteiger partial charge is 0.361 e. The molecule has 190 valence electrons. The first-order valence-electron chi connectivity index (χ1n) is 12.9. The highest BCUT2D eigenvalue weighted by Crippen LogP contribution is 2.57. The number of aromatic nitrogens is 4. The van der Waals surface area contributed by atoms with Crippen molar-refractivity contribution in [2.75, 3.05) is 0 Å². The highest BCUT2D eigenvalue weighted by Gasteiger charge is 2.55. The molecule has 7 heteroatoms. The van der Waals surface area contributed by atoms with Gasteiger partial charge in [-0.1, -0.05) is 50.2 Å². The first-order chi connectivity index (χ1) is 18.3. The SMILES string of the molecule is CC1(C)c2oncc2C[C@@]2(C)c3nc(-c4ccnc5c(F)cccc45)nc(-c4ccccc4F)c3CC[C@H]12. The summed E-state index contributed by atoms with van der Waals surface area (Å²) in [5.74, 6) is 0.865. The quantitative estimate of drug-likeness (QED) is 0.257. The van der Waals surface area contributed by atoms with Gasteiger partial charge in [0, 0.05) is 44.7 Å². The van der Waals surface area contributed by atoms with E-state index in [2.05, 4.69) is 30.9 Å². The van der Waals surface area contributed by atoms with Crippen molar-refractivity contribution in [2.45, 2.75) is 50.9 Å². The number of hydrogen-bond donors (Lipinski definition) is 0. The molecule has 0 radical (unpaired) electrons. The summed E-state index contributed by atoms with van der Waals surface area (Å²) >= 11 is 0. The molecule has 0 spiro atoms. The Bertz CT molecular complexity index is 1740. The van der Waals surface area contributed by atoms with Gasteiger partial charge in [-0.25, -0.2) is 18.7 Å². The molecule has 2 aliphatic carbocycles. The van der Waals surface area contributed by atoms with E-state index in [-0.39, 0.29) is 28.1 Å². The van der Waals surface area contributed by atoms with Crippen LogP contribution in [0.15, 0.2) is 65.4 Å². The van der Waals surface area contributed by atoms with Crippen LogP contribution in [0.3, 0.4) is 0 Å². The third-order valence-electron chi connectivity index (χ3n) is 8.75. The fraction of sp³-hybridized carbons (Fsp3) is 0.290. The molecule has 3 heterocycles. The van der Waals surface area contributed by atoms with Gasteiger partial charge in [0.2, 0.25) is 0 Å². The summed E-state index contributed by atoms with van der Waals surface area (Å²) in [6, 6.07) is 13.4. The Kier molecular flexibility index (Phi) is 4.87. The molecule has 0 fully saturated rings. The minimum atomic E-state index is -0.405. The number of pyridine rings is 1. The van der Waals surface area contributed by atoms with Crippen molar-refractivity contribution in [1.82, 2.24) is 20.1 Å². The van der Waals surface area contributed by atoms with Crippen LogP contribution < -0.4 is 0 Å². The van der Waals surface area contributed by atoms with Crippen LogP contribution in [0.4, 0.5) is 8.78 Å². The minimum Gasteiger partial charge on any atom is -0.361 e. The number of benzene rings is 2. The number of rotatable bonds is 2. The highest BCUT2D eigenvalue weighted by molar-refractivity contribution is 5.93. The molecule has 2 aromatic carbocycles. The smallest absolute Gasteiger partial charge is 0.160 e. The number of fused-ring (bicyclic) bond motifs is 5. The van der Waals surface area contributed by atoms with Gasteiger partial charge in [0.25, 0.3) is 0 Å². The zero-order valence-corrected chi connectivity index (χ0v) is 21.4. The van der Waals surface area contributed by atoms with Crippen LogP contribution >= 0.6 is 0 Å². The van der Waals surface area contributed by atoms with E-state index in [1.165, 1.54) is 12.1 Å². The monoisotopic (exact) mass is 508 g/mol. The lowest BCUT2D eigenvalue weighted by Gasteiger charge is -2.52. The molecular weight excluding hydrogens is 482 g/mol. The summed E-state index contributed by atoms with van der Waals surface area (Å²) in [6.07, 6.45) is 5.71. The molecule has 0 amide bonds. The number of halogens is 2. The predicted molar refractivity (Wildman–Crippen MR) is 141 cm³/mol. The molecule has 0 aliphatic heterocycles. The van der Waals surface area contributed by atoms with Crippen molar-refractivity contribution in [3.63, 3.8) is 0 Å². The summed E-state index contributed by atoms with van der Waals surface area (Å²) in [7, 11) is 0.